The highest BCUT2D eigenvalue weighted by molar-refractivity contribution is 7.80. The molecule has 0 aliphatic carbocycles. The Morgan fingerprint density at radius 1 is 1.31 bits per heavy atom. The number of nitrogens with two attached hydrogens (primary N) is 1. The number of carbonyl (C=O) groups is 3. The van der Waals surface area contributed by atoms with Crippen LogP contribution in [0, 0.1) is 5.92 Å². The van der Waals surface area contributed by atoms with Crippen LogP contribution in [0.2, 0.25) is 0 Å². The van der Waals surface area contributed by atoms with E-state index in [2.05, 4.69) is 30.0 Å². The molecule has 0 spiro atoms. The molecule has 19 heteroatoms. The summed E-state index contributed by atoms with van der Waals surface area (Å²) in [6.45, 7) is 4.04. The van der Waals surface area contributed by atoms with Gasteiger partial charge in [0.1, 0.15) is 23.9 Å². The summed E-state index contributed by atoms with van der Waals surface area (Å²) in [5.41, 5.74) is 3.97. The number of fused-ring (bicyclic) bond motifs is 1. The highest BCUT2D eigenvalue weighted by Crippen LogP contribution is 2.40. The Labute approximate surface area is 260 Å². The minimum Gasteiger partial charge on any atom is -0.489 e. The van der Waals surface area contributed by atoms with Crippen LogP contribution in [0.1, 0.15) is 26.0 Å². The molecule has 2 aromatic heterocycles. The smallest absolute Gasteiger partial charge is 0.418 e. The molecular formula is C26H29N7O10S2. The van der Waals surface area contributed by atoms with Gasteiger partial charge in [0.25, 0.3) is 12.0 Å². The van der Waals surface area contributed by atoms with Gasteiger partial charge in [-0.3, -0.25) is 14.1 Å². The average molecular weight is 664 g/mol. The van der Waals surface area contributed by atoms with Gasteiger partial charge >= 0.3 is 16.4 Å². The van der Waals surface area contributed by atoms with Crippen molar-refractivity contribution in [3.05, 3.63) is 41.5 Å². The number of hydrogen-bond acceptors (Lipinski definition) is 15. The summed E-state index contributed by atoms with van der Waals surface area (Å²) < 4.78 is 41.2. The lowest BCUT2D eigenvalue weighted by Gasteiger charge is -2.50. The largest absolute Gasteiger partial charge is 0.489 e. The second-order valence-corrected chi connectivity index (χ2v) is 12.7. The number of oxime groups is 1. The van der Waals surface area contributed by atoms with Crippen LogP contribution in [-0.2, 0) is 33.9 Å². The van der Waals surface area contributed by atoms with Crippen LogP contribution >= 0.6 is 11.3 Å². The van der Waals surface area contributed by atoms with Gasteiger partial charge in [-0.05, 0) is 43.5 Å². The van der Waals surface area contributed by atoms with Crippen molar-refractivity contribution < 1.29 is 46.3 Å². The van der Waals surface area contributed by atoms with Crippen molar-refractivity contribution in [1.82, 2.24) is 20.3 Å². The molecule has 5 rings (SSSR count). The van der Waals surface area contributed by atoms with Crippen molar-refractivity contribution >= 4 is 66.8 Å². The highest BCUT2D eigenvalue weighted by Gasteiger charge is 2.57. The van der Waals surface area contributed by atoms with Gasteiger partial charge in [0, 0.05) is 36.5 Å². The van der Waals surface area contributed by atoms with Gasteiger partial charge in [-0.25, -0.2) is 14.8 Å². The minimum absolute atomic E-state index is 0.0200. The van der Waals surface area contributed by atoms with E-state index in [9.17, 15) is 27.9 Å². The van der Waals surface area contributed by atoms with E-state index in [0.717, 1.165) is 41.0 Å². The number of pyridine rings is 1. The number of aromatic nitrogens is 2. The molecule has 3 aromatic rings. The lowest BCUT2D eigenvalue weighted by atomic mass is 9.74. The molecule has 17 nitrogen and oxygen atoms in total. The molecule has 2 atom stereocenters. The summed E-state index contributed by atoms with van der Waals surface area (Å²) in [7, 11) is -4.99. The second-order valence-electron chi connectivity index (χ2n) is 10.8. The SMILES string of the molecule is CC1(C)C(CC(=O)/C(=N\O[C@@H](COc2ccc3c(NC4CNC4)nccc3c2)C(=O)O)c2csc(N)n2)C(=O)N1OS(=O)(=O)O. The molecule has 4 heterocycles. The third-order valence-corrected chi connectivity index (χ3v) is 8.28. The first-order valence-electron chi connectivity index (χ1n) is 13.4. The van der Waals surface area contributed by atoms with Gasteiger partial charge in [-0.1, -0.05) is 5.16 Å². The summed E-state index contributed by atoms with van der Waals surface area (Å²) in [5.74, 6) is -3.08. The second kappa shape index (κ2) is 12.5. The topological polar surface area (TPSA) is 245 Å². The maximum Gasteiger partial charge on any atom is 0.418 e. The summed E-state index contributed by atoms with van der Waals surface area (Å²) in [6, 6.07) is 7.26. The fourth-order valence-corrected chi connectivity index (χ4v) is 5.67. The number of ketones is 1. The van der Waals surface area contributed by atoms with E-state index < -0.39 is 64.4 Å². The van der Waals surface area contributed by atoms with Gasteiger partial charge in [-0.2, -0.15) is 13.5 Å². The predicted molar refractivity (Wildman–Crippen MR) is 160 cm³/mol. The number of amides is 1. The van der Waals surface area contributed by atoms with Crippen LogP contribution in [-0.4, -0.2) is 93.9 Å². The Kier molecular flexibility index (Phi) is 8.90. The highest BCUT2D eigenvalue weighted by atomic mass is 32.3. The molecule has 240 valence electrons. The zero-order valence-electron chi connectivity index (χ0n) is 23.9. The van der Waals surface area contributed by atoms with E-state index in [4.69, 9.17) is 19.9 Å². The molecule has 1 aromatic carbocycles. The van der Waals surface area contributed by atoms with Crippen molar-refractivity contribution in [2.24, 2.45) is 11.1 Å². The summed E-state index contributed by atoms with van der Waals surface area (Å²) >= 11 is 0.989. The minimum atomic E-state index is -4.99. The monoisotopic (exact) mass is 663 g/mol. The number of hydroxylamine groups is 2. The van der Waals surface area contributed by atoms with Gasteiger partial charge in [0.15, 0.2) is 16.6 Å². The van der Waals surface area contributed by atoms with Gasteiger partial charge < -0.3 is 31.0 Å². The molecule has 2 aliphatic rings. The van der Waals surface area contributed by atoms with Crippen LogP contribution in [0.25, 0.3) is 10.8 Å². The predicted octanol–water partition coefficient (Wildman–Crippen LogP) is 0.841. The molecule has 2 fully saturated rings. The zero-order chi connectivity index (χ0) is 32.5. The number of ether oxygens (including phenoxy) is 1. The van der Waals surface area contributed by atoms with Crippen molar-refractivity contribution in [1.29, 1.82) is 0 Å². The van der Waals surface area contributed by atoms with Crippen LogP contribution < -0.4 is 21.1 Å². The first kappa shape index (κ1) is 32.0. The molecule has 0 saturated carbocycles. The van der Waals surface area contributed by atoms with E-state index in [-0.39, 0.29) is 16.9 Å². The molecule has 1 unspecified atom stereocenters. The third-order valence-electron chi connectivity index (χ3n) is 7.27. The lowest BCUT2D eigenvalue weighted by molar-refractivity contribution is -0.228. The maximum atomic E-state index is 13.3. The average Bonchev–Trinajstić information content (AvgIpc) is 3.38. The number of benzene rings is 1. The number of nitrogen functional groups attached to an aromatic ring is 1. The van der Waals surface area contributed by atoms with Gasteiger partial charge in [0.2, 0.25) is 0 Å². The lowest BCUT2D eigenvalue weighted by Crippen LogP contribution is -2.68. The number of Topliss-reactive ketones (excluding diaryl/α,β-unsaturated/α-hetero) is 1. The first-order chi connectivity index (χ1) is 21.2. The van der Waals surface area contributed by atoms with Gasteiger partial charge in [0.05, 0.1) is 17.5 Å². The number of hydrogen-bond donors (Lipinski definition) is 5. The summed E-state index contributed by atoms with van der Waals surface area (Å²) in [6.07, 6.45) is -0.495. The Balaban J connectivity index is 1.29. The van der Waals surface area contributed by atoms with E-state index in [1.54, 1.807) is 30.5 Å². The zero-order valence-corrected chi connectivity index (χ0v) is 25.5. The first-order valence-corrected chi connectivity index (χ1v) is 15.7. The Morgan fingerprint density at radius 2 is 2.07 bits per heavy atom. The number of aliphatic carboxylic acids is 1. The number of carboxylic acids is 1. The molecule has 1 amide bonds. The molecule has 0 radical (unpaired) electrons. The number of β-lactam (4-membered cyclic amide) rings is 1. The Bertz CT molecular complexity index is 1770. The normalized spacial score (nSPS) is 19.0. The van der Waals surface area contributed by atoms with Crippen molar-refractivity contribution in [3.63, 3.8) is 0 Å². The van der Waals surface area contributed by atoms with Crippen LogP contribution in [0.3, 0.4) is 0 Å². The van der Waals surface area contributed by atoms with Crippen molar-refractivity contribution in [3.8, 4) is 5.75 Å². The van der Waals surface area contributed by atoms with E-state index >= 15 is 0 Å². The van der Waals surface area contributed by atoms with E-state index in [0.29, 0.717) is 10.8 Å². The van der Waals surface area contributed by atoms with Crippen LogP contribution in [0.5, 0.6) is 5.75 Å². The maximum absolute atomic E-state index is 13.3. The number of carboxylic acid groups (broad SMARTS) is 1. The Hall–Kier alpha value is -4.43. The number of anilines is 2. The molecule has 45 heavy (non-hydrogen) atoms. The van der Waals surface area contributed by atoms with Crippen molar-refractivity contribution in [2.75, 3.05) is 30.7 Å². The van der Waals surface area contributed by atoms with Crippen molar-refractivity contribution in [2.45, 2.75) is 38.0 Å². The molecule has 6 N–H and O–H groups in total. The fraction of sp³-hybridized carbons (Fsp3) is 0.385. The standard InChI is InChI=1S/C26H29N7O10S2/c1-26(2)17(23(35)33(26)43-45(38,39)40)8-19(34)21(18-12-44-25(27)31-18)32-42-20(24(36)37)11-41-15-3-4-16-13(7-15)5-6-29-22(16)30-14-9-28-10-14/h3-7,12,14,17,20,28H,8-11H2,1-2H3,(H2,27,31)(H,29,30)(H,36,37)(H,38,39,40)/b32-21-/t17?,20-/m0/s1. The quantitative estimate of drug-likeness (QED) is 0.0694. The van der Waals surface area contributed by atoms with Gasteiger partial charge in [-0.15, -0.1) is 15.6 Å². The summed E-state index contributed by atoms with van der Waals surface area (Å²) in [5, 5.41) is 23.7. The third kappa shape index (κ3) is 7.12. The number of nitrogens with one attached hydrogen (secondary N) is 2. The van der Waals surface area contributed by atoms with E-state index in [1.165, 1.54) is 19.2 Å². The number of rotatable bonds is 14. The molecule has 2 aliphatic heterocycles. The van der Waals surface area contributed by atoms with E-state index in [1.807, 2.05) is 0 Å². The summed E-state index contributed by atoms with van der Waals surface area (Å²) in [4.78, 5) is 51.6. The number of carbonyl (C=O) groups excluding carboxylic acids is 2. The number of thiazole rings is 1. The van der Waals surface area contributed by atoms with Crippen LogP contribution in [0.15, 0.2) is 41.0 Å². The number of nitrogens with zero attached hydrogens (tertiary/aromatic N) is 4. The molecular weight excluding hydrogens is 634 g/mol. The molecule has 2 saturated heterocycles. The Morgan fingerprint density at radius 3 is 2.67 bits per heavy atom. The van der Waals surface area contributed by atoms with Crippen LogP contribution in [0.4, 0.5) is 10.9 Å². The molecule has 0 bridgehead atoms. The fourth-order valence-electron chi connectivity index (χ4n) is 4.67.